The van der Waals surface area contributed by atoms with Crippen LogP contribution < -0.4 is 5.32 Å². The van der Waals surface area contributed by atoms with Crippen molar-refractivity contribution in [1.29, 1.82) is 0 Å². The predicted octanol–water partition coefficient (Wildman–Crippen LogP) is 1.38. The van der Waals surface area contributed by atoms with E-state index in [0.717, 1.165) is 63.6 Å². The zero-order chi connectivity index (χ0) is 16.2. The van der Waals surface area contributed by atoms with E-state index in [0.29, 0.717) is 0 Å². The molecule has 7 nitrogen and oxygen atoms in total. The summed E-state index contributed by atoms with van der Waals surface area (Å²) in [4.78, 5) is 16.5. The van der Waals surface area contributed by atoms with Gasteiger partial charge in [-0.05, 0) is 26.7 Å². The molecule has 0 radical (unpaired) electrons. The van der Waals surface area contributed by atoms with Gasteiger partial charge in [-0.15, -0.1) is 0 Å². The highest BCUT2D eigenvalue weighted by molar-refractivity contribution is 5.74. The summed E-state index contributed by atoms with van der Waals surface area (Å²) in [5.74, 6) is 0.882. The monoisotopic (exact) mass is 322 g/mol. The lowest BCUT2D eigenvalue weighted by atomic mass is 10.1. The molecule has 2 amide bonds. The molecule has 1 aromatic rings. The lowest BCUT2D eigenvalue weighted by molar-refractivity contribution is 0.0795. The van der Waals surface area contributed by atoms with Gasteiger partial charge in [-0.25, -0.2) is 4.79 Å². The summed E-state index contributed by atoms with van der Waals surface area (Å²) in [6.45, 7) is 8.67. The van der Waals surface area contributed by atoms with Crippen molar-refractivity contribution in [1.82, 2.24) is 20.3 Å². The second kappa shape index (κ2) is 7.31. The standard InChI is InChI=1S/C16H26N4O3/c1-12-10-14(23-18-12)11-19-5-7-20(8-6-19)16(21)17-13(2)15-4-3-9-22-15/h10,13,15H,3-9,11H2,1-2H3,(H,17,21)/t13-,15-/m0/s1. The van der Waals surface area contributed by atoms with Crippen molar-refractivity contribution in [2.45, 2.75) is 45.4 Å². The van der Waals surface area contributed by atoms with Gasteiger partial charge in [0, 0.05) is 38.9 Å². The van der Waals surface area contributed by atoms with E-state index in [1.54, 1.807) is 0 Å². The molecule has 3 rings (SSSR count). The van der Waals surface area contributed by atoms with Gasteiger partial charge in [-0.2, -0.15) is 0 Å². The number of rotatable bonds is 4. The lowest BCUT2D eigenvalue weighted by Gasteiger charge is -2.35. The minimum Gasteiger partial charge on any atom is -0.376 e. The number of piperazine rings is 1. The average Bonchev–Trinajstić information content (AvgIpc) is 3.20. The Morgan fingerprint density at radius 1 is 1.43 bits per heavy atom. The van der Waals surface area contributed by atoms with Crippen LogP contribution in [0.15, 0.2) is 10.6 Å². The fourth-order valence-electron chi connectivity index (χ4n) is 3.20. The molecule has 0 bridgehead atoms. The molecular weight excluding hydrogens is 296 g/mol. The van der Waals surface area contributed by atoms with E-state index in [9.17, 15) is 4.79 Å². The van der Waals surface area contributed by atoms with Gasteiger partial charge in [0.05, 0.1) is 24.4 Å². The first-order chi connectivity index (χ1) is 11.1. The van der Waals surface area contributed by atoms with Gasteiger partial charge in [0.25, 0.3) is 0 Å². The topological polar surface area (TPSA) is 70.8 Å². The number of aryl methyl sites for hydroxylation is 1. The molecule has 3 heterocycles. The molecule has 23 heavy (non-hydrogen) atoms. The van der Waals surface area contributed by atoms with Gasteiger partial charge in [-0.1, -0.05) is 5.16 Å². The summed E-state index contributed by atoms with van der Waals surface area (Å²) >= 11 is 0. The predicted molar refractivity (Wildman–Crippen MR) is 85.1 cm³/mol. The summed E-state index contributed by atoms with van der Waals surface area (Å²) in [6, 6.07) is 2.05. The first-order valence-corrected chi connectivity index (χ1v) is 8.43. The molecule has 0 aromatic carbocycles. The van der Waals surface area contributed by atoms with Crippen molar-refractivity contribution < 1.29 is 14.1 Å². The Hall–Kier alpha value is -1.60. The SMILES string of the molecule is Cc1cc(CN2CCN(C(=O)N[C@@H](C)[C@@H]3CCCO3)CC2)on1. The Morgan fingerprint density at radius 2 is 2.22 bits per heavy atom. The maximum atomic E-state index is 12.3. The minimum atomic E-state index is 0.0168. The minimum absolute atomic E-state index is 0.0168. The molecule has 2 saturated heterocycles. The highest BCUT2D eigenvalue weighted by Crippen LogP contribution is 2.16. The number of carbonyl (C=O) groups excluding carboxylic acids is 1. The van der Waals surface area contributed by atoms with Crippen molar-refractivity contribution in [2.24, 2.45) is 0 Å². The average molecular weight is 322 g/mol. The normalized spacial score (nSPS) is 23.9. The molecule has 0 aliphatic carbocycles. The van der Waals surface area contributed by atoms with Gasteiger partial charge in [0.2, 0.25) is 0 Å². The van der Waals surface area contributed by atoms with E-state index < -0.39 is 0 Å². The summed E-state index contributed by atoms with van der Waals surface area (Å²) in [5.41, 5.74) is 0.904. The molecule has 0 saturated carbocycles. The fourth-order valence-corrected chi connectivity index (χ4v) is 3.20. The summed E-state index contributed by atoms with van der Waals surface area (Å²) in [5, 5.41) is 6.98. The zero-order valence-electron chi connectivity index (χ0n) is 14.0. The van der Waals surface area contributed by atoms with E-state index >= 15 is 0 Å². The van der Waals surface area contributed by atoms with Crippen molar-refractivity contribution in [3.63, 3.8) is 0 Å². The van der Waals surface area contributed by atoms with Crippen LogP contribution in [-0.4, -0.2) is 65.9 Å². The molecule has 2 aliphatic heterocycles. The molecule has 2 fully saturated rings. The molecule has 2 atom stereocenters. The van der Waals surface area contributed by atoms with Crippen LogP contribution in [0.2, 0.25) is 0 Å². The number of amides is 2. The maximum absolute atomic E-state index is 12.3. The molecule has 0 spiro atoms. The molecule has 2 aliphatic rings. The van der Waals surface area contributed by atoms with Crippen molar-refractivity contribution in [3.8, 4) is 0 Å². The summed E-state index contributed by atoms with van der Waals surface area (Å²) in [7, 11) is 0. The van der Waals surface area contributed by atoms with Crippen LogP contribution in [0.5, 0.6) is 0 Å². The molecule has 1 N–H and O–H groups in total. The Balaban J connectivity index is 1.41. The van der Waals surface area contributed by atoms with Crippen molar-refractivity contribution >= 4 is 6.03 Å². The molecule has 1 aromatic heterocycles. The first-order valence-electron chi connectivity index (χ1n) is 8.43. The smallest absolute Gasteiger partial charge is 0.317 e. The van der Waals surface area contributed by atoms with Crippen LogP contribution in [0.3, 0.4) is 0 Å². The van der Waals surface area contributed by atoms with Crippen LogP contribution in [0.25, 0.3) is 0 Å². The Bertz CT molecular complexity index is 519. The highest BCUT2D eigenvalue weighted by Gasteiger charge is 2.27. The number of hydrogen-bond donors (Lipinski definition) is 1. The largest absolute Gasteiger partial charge is 0.376 e. The number of nitrogens with one attached hydrogen (secondary N) is 1. The number of ether oxygens (including phenoxy) is 1. The van der Waals surface area contributed by atoms with Gasteiger partial charge < -0.3 is 19.5 Å². The van der Waals surface area contributed by atoms with E-state index in [2.05, 4.69) is 15.4 Å². The van der Waals surface area contributed by atoms with Crippen LogP contribution in [0, 0.1) is 6.92 Å². The van der Waals surface area contributed by atoms with Crippen molar-refractivity contribution in [3.05, 3.63) is 17.5 Å². The third-order valence-corrected chi connectivity index (χ3v) is 4.59. The Kier molecular flexibility index (Phi) is 5.17. The number of aromatic nitrogens is 1. The third kappa shape index (κ3) is 4.23. The number of carbonyl (C=O) groups is 1. The van der Waals surface area contributed by atoms with Gasteiger partial charge in [-0.3, -0.25) is 4.90 Å². The van der Waals surface area contributed by atoms with Gasteiger partial charge >= 0.3 is 6.03 Å². The second-order valence-corrected chi connectivity index (χ2v) is 6.49. The van der Waals surface area contributed by atoms with Crippen LogP contribution in [0.1, 0.15) is 31.2 Å². The van der Waals surface area contributed by atoms with Crippen LogP contribution in [0.4, 0.5) is 4.79 Å². The van der Waals surface area contributed by atoms with Gasteiger partial charge in [0.1, 0.15) is 0 Å². The Morgan fingerprint density at radius 3 is 2.83 bits per heavy atom. The molecule has 128 valence electrons. The highest BCUT2D eigenvalue weighted by atomic mass is 16.5. The van der Waals surface area contributed by atoms with Crippen LogP contribution >= 0.6 is 0 Å². The van der Waals surface area contributed by atoms with E-state index in [1.807, 2.05) is 24.8 Å². The summed E-state index contributed by atoms with van der Waals surface area (Å²) < 4.78 is 10.9. The molecular formula is C16H26N4O3. The van der Waals surface area contributed by atoms with Crippen molar-refractivity contribution in [2.75, 3.05) is 32.8 Å². The number of hydrogen-bond acceptors (Lipinski definition) is 5. The quantitative estimate of drug-likeness (QED) is 0.907. The lowest BCUT2D eigenvalue weighted by Crippen LogP contribution is -2.54. The van der Waals surface area contributed by atoms with E-state index in [-0.39, 0.29) is 18.2 Å². The number of nitrogens with zero attached hydrogens (tertiary/aromatic N) is 3. The maximum Gasteiger partial charge on any atom is 0.317 e. The van der Waals surface area contributed by atoms with E-state index in [4.69, 9.17) is 9.26 Å². The number of urea groups is 1. The summed E-state index contributed by atoms with van der Waals surface area (Å²) in [6.07, 6.45) is 2.28. The fraction of sp³-hybridized carbons (Fsp3) is 0.750. The second-order valence-electron chi connectivity index (χ2n) is 6.49. The molecule has 7 heteroatoms. The van der Waals surface area contributed by atoms with E-state index in [1.165, 1.54) is 0 Å². The van der Waals surface area contributed by atoms with Gasteiger partial charge in [0.15, 0.2) is 5.76 Å². The van der Waals surface area contributed by atoms with Crippen LogP contribution in [-0.2, 0) is 11.3 Å². The Labute approximate surface area is 136 Å². The third-order valence-electron chi connectivity index (χ3n) is 4.59. The zero-order valence-corrected chi connectivity index (χ0v) is 14.0. The first kappa shape index (κ1) is 16.3. The molecule has 0 unspecified atom stereocenters.